The molecule has 0 fully saturated rings. The molecule has 7 rings (SSSR count). The Morgan fingerprint density at radius 2 is 0.974 bits per heavy atom. The van der Waals surface area contributed by atoms with Gasteiger partial charge in [0, 0.05) is 22.4 Å². The van der Waals surface area contributed by atoms with Gasteiger partial charge in [-0.3, -0.25) is 9.13 Å². The van der Waals surface area contributed by atoms with Gasteiger partial charge in [-0.25, -0.2) is 4.98 Å². The summed E-state index contributed by atoms with van der Waals surface area (Å²) in [6, 6.07) is 47.4. The summed E-state index contributed by atoms with van der Waals surface area (Å²) in [5.41, 5.74) is 6.98. The first-order valence-electron chi connectivity index (χ1n) is 12.6. The van der Waals surface area contributed by atoms with Gasteiger partial charge in [0.05, 0.1) is 16.7 Å². The summed E-state index contributed by atoms with van der Waals surface area (Å²) >= 11 is 0. The molecule has 180 valence electrons. The summed E-state index contributed by atoms with van der Waals surface area (Å²) in [6.45, 7) is 0. The summed E-state index contributed by atoms with van der Waals surface area (Å²) in [7, 11) is 0. The number of rotatable bonds is 5. The number of hydrogen-bond acceptors (Lipinski definition) is 3. The smallest absolute Gasteiger partial charge is 0.170 e. The van der Waals surface area contributed by atoms with Crippen molar-refractivity contribution >= 4 is 11.0 Å². The average molecular weight is 490 g/mol. The number of hydrogen-bond donors (Lipinski definition) is 0. The van der Waals surface area contributed by atoms with Gasteiger partial charge < -0.3 is 0 Å². The zero-order valence-corrected chi connectivity index (χ0v) is 20.5. The van der Waals surface area contributed by atoms with Gasteiger partial charge >= 0.3 is 0 Å². The van der Waals surface area contributed by atoms with Crippen molar-refractivity contribution in [2.45, 2.75) is 0 Å². The molecular formula is C33H23N5. The Bertz CT molecular complexity index is 1850. The van der Waals surface area contributed by atoms with Gasteiger partial charge in [0.15, 0.2) is 11.6 Å². The molecule has 0 aliphatic rings. The molecule has 7 aromatic rings. The van der Waals surface area contributed by atoms with Gasteiger partial charge in [0.25, 0.3) is 0 Å². The Hall–Kier alpha value is -5.29. The zero-order valence-electron chi connectivity index (χ0n) is 20.5. The van der Waals surface area contributed by atoms with Crippen LogP contribution in [-0.4, -0.2) is 24.3 Å². The Labute approximate surface area is 220 Å². The third-order valence-corrected chi connectivity index (χ3v) is 6.69. The molecule has 0 saturated heterocycles. The van der Waals surface area contributed by atoms with Gasteiger partial charge in [-0.15, -0.1) is 10.2 Å². The number of fused-ring (bicyclic) bond motifs is 1. The molecule has 0 bridgehead atoms. The van der Waals surface area contributed by atoms with Gasteiger partial charge in [-0.05, 0) is 36.4 Å². The van der Waals surface area contributed by atoms with E-state index in [1.165, 1.54) is 0 Å². The van der Waals surface area contributed by atoms with Crippen molar-refractivity contribution in [2.75, 3.05) is 0 Å². The first-order valence-corrected chi connectivity index (χ1v) is 12.6. The first-order chi connectivity index (χ1) is 18.9. The first kappa shape index (κ1) is 21.9. The average Bonchev–Trinajstić information content (AvgIpc) is 3.61. The lowest BCUT2D eigenvalue weighted by Crippen LogP contribution is -2.04. The lowest BCUT2D eigenvalue weighted by molar-refractivity contribution is 1.05. The lowest BCUT2D eigenvalue weighted by atomic mass is 10.1. The molecule has 0 radical (unpaired) electrons. The molecule has 0 spiro atoms. The monoisotopic (exact) mass is 489 g/mol. The van der Waals surface area contributed by atoms with Gasteiger partial charge in [0.2, 0.25) is 0 Å². The summed E-state index contributed by atoms with van der Waals surface area (Å²) in [4.78, 5) is 5.05. The molecule has 0 aliphatic heterocycles. The Kier molecular flexibility index (Phi) is 5.37. The second-order valence-electron chi connectivity index (χ2n) is 9.03. The maximum absolute atomic E-state index is 5.05. The van der Waals surface area contributed by atoms with Crippen molar-refractivity contribution < 1.29 is 0 Å². The molecule has 0 amide bonds. The number of para-hydroxylation sites is 4. The second-order valence-corrected chi connectivity index (χ2v) is 9.03. The fourth-order valence-corrected chi connectivity index (χ4v) is 4.96. The normalized spacial score (nSPS) is 11.2. The van der Waals surface area contributed by atoms with E-state index in [1.807, 2.05) is 66.7 Å². The lowest BCUT2D eigenvalue weighted by Gasteiger charge is -2.16. The molecule has 2 aromatic heterocycles. The minimum atomic E-state index is 0.766. The van der Waals surface area contributed by atoms with Crippen molar-refractivity contribution in [1.29, 1.82) is 0 Å². The highest BCUT2D eigenvalue weighted by molar-refractivity contribution is 5.86. The largest absolute Gasteiger partial charge is 0.292 e. The molecule has 5 heteroatoms. The number of aromatic nitrogens is 5. The fraction of sp³-hybridized carbons (Fsp3) is 0. The van der Waals surface area contributed by atoms with Crippen LogP contribution in [0, 0.1) is 0 Å². The van der Waals surface area contributed by atoms with Crippen LogP contribution in [0.1, 0.15) is 0 Å². The van der Waals surface area contributed by atoms with Crippen LogP contribution in [-0.2, 0) is 0 Å². The SMILES string of the molecule is c1ccc(-c2nnc(-c3ccccc3-n3c(-c4ccccc4)nc4ccccc43)n2-c2ccccc2)cc1. The quantitative estimate of drug-likeness (QED) is 0.250. The molecule has 0 N–H and O–H groups in total. The van der Waals surface area contributed by atoms with Crippen LogP contribution in [0.2, 0.25) is 0 Å². The van der Waals surface area contributed by atoms with E-state index >= 15 is 0 Å². The maximum Gasteiger partial charge on any atom is 0.170 e. The number of benzene rings is 5. The molecule has 0 atom stereocenters. The summed E-state index contributed by atoms with van der Waals surface area (Å²) in [5.74, 6) is 2.44. The zero-order chi connectivity index (χ0) is 25.3. The molecule has 38 heavy (non-hydrogen) atoms. The van der Waals surface area contributed by atoms with E-state index in [-0.39, 0.29) is 0 Å². The summed E-state index contributed by atoms with van der Waals surface area (Å²) < 4.78 is 4.36. The summed E-state index contributed by atoms with van der Waals surface area (Å²) in [6.07, 6.45) is 0. The topological polar surface area (TPSA) is 48.5 Å². The van der Waals surface area contributed by atoms with Crippen LogP contribution in [0.5, 0.6) is 0 Å². The Morgan fingerprint density at radius 1 is 0.421 bits per heavy atom. The summed E-state index contributed by atoms with van der Waals surface area (Å²) in [5, 5.41) is 9.46. The van der Waals surface area contributed by atoms with Crippen molar-refractivity contribution in [2.24, 2.45) is 0 Å². The van der Waals surface area contributed by atoms with E-state index in [0.29, 0.717) is 0 Å². The van der Waals surface area contributed by atoms with Crippen LogP contribution in [0.3, 0.4) is 0 Å². The second kappa shape index (κ2) is 9.30. The van der Waals surface area contributed by atoms with E-state index in [0.717, 1.165) is 56.6 Å². The van der Waals surface area contributed by atoms with Crippen LogP contribution in [0.25, 0.3) is 56.6 Å². The van der Waals surface area contributed by atoms with Gasteiger partial charge in [-0.1, -0.05) is 103 Å². The molecule has 0 saturated carbocycles. The van der Waals surface area contributed by atoms with Gasteiger partial charge in [-0.2, -0.15) is 0 Å². The molecule has 5 nitrogen and oxygen atoms in total. The third-order valence-electron chi connectivity index (χ3n) is 6.69. The highest BCUT2D eigenvalue weighted by atomic mass is 15.3. The minimum Gasteiger partial charge on any atom is -0.292 e. The highest BCUT2D eigenvalue weighted by Gasteiger charge is 2.22. The van der Waals surface area contributed by atoms with Crippen LogP contribution < -0.4 is 0 Å². The fourth-order valence-electron chi connectivity index (χ4n) is 4.96. The molecular weight excluding hydrogens is 466 g/mol. The number of nitrogens with zero attached hydrogens (tertiary/aromatic N) is 5. The van der Waals surface area contributed by atoms with Crippen molar-refractivity contribution in [1.82, 2.24) is 24.3 Å². The third kappa shape index (κ3) is 3.69. The van der Waals surface area contributed by atoms with E-state index in [1.54, 1.807) is 0 Å². The van der Waals surface area contributed by atoms with Crippen LogP contribution >= 0.6 is 0 Å². The van der Waals surface area contributed by atoms with E-state index < -0.39 is 0 Å². The predicted molar refractivity (Wildman–Crippen MR) is 152 cm³/mol. The van der Waals surface area contributed by atoms with Crippen molar-refractivity contribution in [3.8, 4) is 45.5 Å². The minimum absolute atomic E-state index is 0.766. The number of imidazole rings is 1. The predicted octanol–water partition coefficient (Wildman–Crippen LogP) is 7.61. The van der Waals surface area contributed by atoms with Crippen LogP contribution in [0.4, 0.5) is 0 Å². The Morgan fingerprint density at radius 3 is 1.71 bits per heavy atom. The molecule has 0 aliphatic carbocycles. The molecule has 0 unspecified atom stereocenters. The Balaban J connectivity index is 1.52. The maximum atomic E-state index is 5.05. The van der Waals surface area contributed by atoms with E-state index in [9.17, 15) is 0 Å². The standard InChI is InChI=1S/C33H23N5/c1-4-14-24(15-5-1)31-34-28-21-11-13-23-30(28)38(31)29-22-12-10-20-27(29)33-36-35-32(25-16-6-2-7-17-25)37(33)26-18-8-3-9-19-26/h1-23H. The van der Waals surface area contributed by atoms with E-state index in [4.69, 9.17) is 15.2 Å². The van der Waals surface area contributed by atoms with Gasteiger partial charge in [0.1, 0.15) is 5.82 Å². The molecule has 5 aromatic carbocycles. The van der Waals surface area contributed by atoms with Crippen LogP contribution in [0.15, 0.2) is 140 Å². The van der Waals surface area contributed by atoms with Crippen molar-refractivity contribution in [3.05, 3.63) is 140 Å². The van der Waals surface area contributed by atoms with Crippen molar-refractivity contribution in [3.63, 3.8) is 0 Å². The highest BCUT2D eigenvalue weighted by Crippen LogP contribution is 2.36. The molecule has 2 heterocycles. The van der Waals surface area contributed by atoms with E-state index in [2.05, 4.69) is 81.9 Å².